The highest BCUT2D eigenvalue weighted by molar-refractivity contribution is 7.99. The Hall–Kier alpha value is -0.460. The first-order valence-electron chi connectivity index (χ1n) is 8.25. The van der Waals surface area contributed by atoms with Crippen LogP contribution in [0.2, 0.25) is 10.0 Å². The third kappa shape index (κ3) is 4.20. The van der Waals surface area contributed by atoms with E-state index in [1.165, 1.54) is 0 Å². The number of nitrogens with zero attached hydrogens (tertiary/aromatic N) is 1. The van der Waals surface area contributed by atoms with Gasteiger partial charge in [-0.1, -0.05) is 23.2 Å². The van der Waals surface area contributed by atoms with Crippen LogP contribution in [-0.4, -0.2) is 60.7 Å². The smallest absolute Gasteiger partial charge is 0.252 e. The van der Waals surface area contributed by atoms with Crippen LogP contribution in [0.25, 0.3) is 0 Å². The second-order valence-corrected chi connectivity index (χ2v) is 8.31. The Kier molecular flexibility index (Phi) is 6.33. The van der Waals surface area contributed by atoms with Gasteiger partial charge in [0.1, 0.15) is 0 Å². The fourth-order valence-electron chi connectivity index (χ4n) is 3.41. The molecule has 1 amide bonds. The van der Waals surface area contributed by atoms with Crippen LogP contribution in [-0.2, 0) is 4.74 Å². The van der Waals surface area contributed by atoms with Gasteiger partial charge in [-0.15, -0.1) is 0 Å². The van der Waals surface area contributed by atoms with E-state index in [1.807, 2.05) is 11.8 Å². The van der Waals surface area contributed by atoms with Gasteiger partial charge in [0.25, 0.3) is 5.91 Å². The van der Waals surface area contributed by atoms with Crippen LogP contribution in [0.1, 0.15) is 23.2 Å². The number of carbonyl (C=O) groups excluding carboxylic acids is 1. The molecular weight excluding hydrogens is 367 g/mol. The molecule has 1 aromatic rings. The van der Waals surface area contributed by atoms with Gasteiger partial charge in [-0.25, -0.2) is 0 Å². The number of benzene rings is 1. The van der Waals surface area contributed by atoms with Crippen molar-refractivity contribution in [1.29, 1.82) is 0 Å². The van der Waals surface area contributed by atoms with Crippen LogP contribution in [0.5, 0.6) is 0 Å². The van der Waals surface area contributed by atoms with Crippen molar-refractivity contribution in [1.82, 2.24) is 10.2 Å². The minimum atomic E-state index is -0.167. The zero-order valence-corrected chi connectivity index (χ0v) is 15.9. The molecule has 0 bridgehead atoms. The van der Waals surface area contributed by atoms with Crippen LogP contribution >= 0.6 is 35.0 Å². The highest BCUT2D eigenvalue weighted by Gasteiger charge is 2.39. The molecule has 0 aromatic heterocycles. The summed E-state index contributed by atoms with van der Waals surface area (Å²) in [7, 11) is 0. The summed E-state index contributed by atoms with van der Waals surface area (Å²) < 4.78 is 5.56. The van der Waals surface area contributed by atoms with Crippen molar-refractivity contribution < 1.29 is 9.53 Å². The second kappa shape index (κ2) is 8.28. The molecule has 24 heavy (non-hydrogen) atoms. The lowest BCUT2D eigenvalue weighted by Crippen LogP contribution is -2.60. The number of hydrogen-bond acceptors (Lipinski definition) is 4. The molecule has 0 atom stereocenters. The van der Waals surface area contributed by atoms with Gasteiger partial charge in [0.05, 0.1) is 10.6 Å². The Morgan fingerprint density at radius 3 is 2.67 bits per heavy atom. The molecule has 1 N–H and O–H groups in total. The molecule has 0 radical (unpaired) electrons. The number of ether oxygens (including phenoxy) is 1. The summed E-state index contributed by atoms with van der Waals surface area (Å²) in [6, 6.07) is 4.96. The molecule has 7 heteroatoms. The molecule has 1 aromatic carbocycles. The zero-order chi connectivity index (χ0) is 17.0. The van der Waals surface area contributed by atoms with Gasteiger partial charge in [-0.2, -0.15) is 11.8 Å². The van der Waals surface area contributed by atoms with E-state index >= 15 is 0 Å². The SMILES string of the molecule is O=C(NCC1(N2CCSCC2)CCOCC1)c1cc(Cl)ccc1Cl. The molecule has 2 aliphatic rings. The first-order valence-corrected chi connectivity index (χ1v) is 10.2. The number of amides is 1. The van der Waals surface area contributed by atoms with E-state index in [1.54, 1.807) is 18.2 Å². The molecule has 2 aliphatic heterocycles. The number of halogens is 2. The third-order valence-electron chi connectivity index (χ3n) is 4.86. The van der Waals surface area contributed by atoms with Crippen molar-refractivity contribution in [3.8, 4) is 0 Å². The second-order valence-electron chi connectivity index (χ2n) is 6.24. The highest BCUT2D eigenvalue weighted by Crippen LogP contribution is 2.30. The van der Waals surface area contributed by atoms with Gasteiger partial charge >= 0.3 is 0 Å². The lowest BCUT2D eigenvalue weighted by Gasteiger charge is -2.48. The summed E-state index contributed by atoms with van der Waals surface area (Å²) in [6.45, 7) is 4.24. The zero-order valence-electron chi connectivity index (χ0n) is 13.5. The molecule has 0 spiro atoms. The molecule has 3 rings (SSSR count). The predicted octanol–water partition coefficient (Wildman–Crippen LogP) is 3.32. The van der Waals surface area contributed by atoms with E-state index in [0.29, 0.717) is 22.2 Å². The Morgan fingerprint density at radius 1 is 1.25 bits per heavy atom. The maximum atomic E-state index is 12.6. The molecule has 0 aliphatic carbocycles. The third-order valence-corrected chi connectivity index (χ3v) is 6.36. The summed E-state index contributed by atoms with van der Waals surface area (Å²) in [5.74, 6) is 2.13. The number of rotatable bonds is 4. The standard InChI is InChI=1S/C17H22Cl2N2O2S/c18-13-1-2-15(19)14(11-13)16(22)20-12-17(3-7-23-8-4-17)21-5-9-24-10-6-21/h1-2,11H,3-10,12H2,(H,20,22). The summed E-state index contributed by atoms with van der Waals surface area (Å²) in [5, 5.41) is 4.02. The Balaban J connectivity index is 1.71. The average Bonchev–Trinajstić information content (AvgIpc) is 2.63. The number of thioether (sulfide) groups is 1. The molecule has 0 saturated carbocycles. The van der Waals surface area contributed by atoms with E-state index in [2.05, 4.69) is 10.2 Å². The van der Waals surface area contributed by atoms with E-state index in [9.17, 15) is 4.79 Å². The van der Waals surface area contributed by atoms with E-state index < -0.39 is 0 Å². The number of nitrogens with one attached hydrogen (secondary N) is 1. The largest absolute Gasteiger partial charge is 0.381 e. The predicted molar refractivity (Wildman–Crippen MR) is 100 cm³/mol. The highest BCUT2D eigenvalue weighted by atomic mass is 35.5. The van der Waals surface area contributed by atoms with Crippen molar-refractivity contribution in [2.24, 2.45) is 0 Å². The van der Waals surface area contributed by atoms with Crippen LogP contribution < -0.4 is 5.32 Å². The molecule has 2 saturated heterocycles. The number of hydrogen-bond donors (Lipinski definition) is 1. The van der Waals surface area contributed by atoms with Gasteiger partial charge < -0.3 is 10.1 Å². The van der Waals surface area contributed by atoms with Crippen molar-refractivity contribution in [3.63, 3.8) is 0 Å². The maximum absolute atomic E-state index is 12.6. The van der Waals surface area contributed by atoms with Crippen LogP contribution in [0.3, 0.4) is 0 Å². The lowest BCUT2D eigenvalue weighted by molar-refractivity contribution is -0.0237. The first kappa shape index (κ1) is 18.3. The van der Waals surface area contributed by atoms with Gasteiger partial charge in [0.15, 0.2) is 0 Å². The lowest BCUT2D eigenvalue weighted by atomic mass is 9.87. The van der Waals surface area contributed by atoms with Crippen LogP contribution in [0.15, 0.2) is 18.2 Å². The summed E-state index contributed by atoms with van der Waals surface area (Å²) in [6.07, 6.45) is 1.89. The van der Waals surface area contributed by atoms with Gasteiger partial charge in [0.2, 0.25) is 0 Å². The fraction of sp³-hybridized carbons (Fsp3) is 0.588. The fourth-order valence-corrected chi connectivity index (χ4v) is 4.68. The van der Waals surface area contributed by atoms with E-state index in [4.69, 9.17) is 27.9 Å². The summed E-state index contributed by atoms with van der Waals surface area (Å²) in [4.78, 5) is 15.1. The molecule has 0 unspecified atom stereocenters. The average molecular weight is 389 g/mol. The maximum Gasteiger partial charge on any atom is 0.252 e. The van der Waals surface area contributed by atoms with Crippen LogP contribution in [0, 0.1) is 0 Å². The number of carbonyl (C=O) groups is 1. The normalized spacial score (nSPS) is 21.4. The Labute approximate surface area is 157 Å². The van der Waals surface area contributed by atoms with Crippen molar-refractivity contribution >= 4 is 40.9 Å². The minimum absolute atomic E-state index is 0.0139. The summed E-state index contributed by atoms with van der Waals surface area (Å²) in [5.41, 5.74) is 0.417. The van der Waals surface area contributed by atoms with E-state index in [-0.39, 0.29) is 11.4 Å². The Bertz CT molecular complexity index is 588. The van der Waals surface area contributed by atoms with Crippen molar-refractivity contribution in [2.45, 2.75) is 18.4 Å². The summed E-state index contributed by atoms with van der Waals surface area (Å²) >= 11 is 14.1. The molecule has 2 fully saturated rings. The van der Waals surface area contributed by atoms with Crippen LogP contribution in [0.4, 0.5) is 0 Å². The van der Waals surface area contributed by atoms with E-state index in [0.717, 1.165) is 50.7 Å². The quantitative estimate of drug-likeness (QED) is 0.858. The molecule has 4 nitrogen and oxygen atoms in total. The molecular formula is C17H22Cl2N2O2S. The topological polar surface area (TPSA) is 41.6 Å². The van der Waals surface area contributed by atoms with Gasteiger partial charge in [-0.3, -0.25) is 9.69 Å². The van der Waals surface area contributed by atoms with Crippen molar-refractivity contribution in [3.05, 3.63) is 33.8 Å². The van der Waals surface area contributed by atoms with Crippen molar-refractivity contribution in [2.75, 3.05) is 44.4 Å². The molecule has 132 valence electrons. The van der Waals surface area contributed by atoms with Gasteiger partial charge in [-0.05, 0) is 31.0 Å². The Morgan fingerprint density at radius 2 is 1.96 bits per heavy atom. The van der Waals surface area contributed by atoms with Gasteiger partial charge in [0, 0.05) is 54.9 Å². The first-order chi connectivity index (χ1) is 11.6. The minimum Gasteiger partial charge on any atom is -0.381 e. The monoisotopic (exact) mass is 388 g/mol. The molecule has 2 heterocycles.